The van der Waals surface area contributed by atoms with Crippen LogP contribution in [0.3, 0.4) is 0 Å². The van der Waals surface area contributed by atoms with Crippen molar-refractivity contribution in [3.63, 3.8) is 0 Å². The minimum Gasteiger partial charge on any atom is -0.493 e. The van der Waals surface area contributed by atoms with Gasteiger partial charge in [0.2, 0.25) is 10.0 Å². The molecule has 2 aromatic carbocycles. The molecule has 0 aliphatic heterocycles. The number of nitrogens with one attached hydrogen (secondary N) is 2. The standard InChI is InChI=1S/C25H32FN3O4S2/c1-16(2)35(30,31)27-13-14-34-24-28-22(17-7-10-19(26)11-8-17)23(29-24)25(3,4)18-9-12-20(32-5)21(15-18)33-6/h7-12,15-16,27H,13-14H2,1-6H3,(H,28,29). The van der Waals surface area contributed by atoms with E-state index in [1.54, 1.807) is 40.2 Å². The first-order valence-corrected chi connectivity index (χ1v) is 13.7. The molecule has 1 aromatic heterocycles. The van der Waals surface area contributed by atoms with E-state index in [1.165, 1.54) is 23.9 Å². The maximum Gasteiger partial charge on any atom is 0.213 e. The van der Waals surface area contributed by atoms with E-state index in [2.05, 4.69) is 23.6 Å². The minimum atomic E-state index is -3.33. The smallest absolute Gasteiger partial charge is 0.213 e. The number of ether oxygens (including phenoxy) is 2. The molecule has 0 bridgehead atoms. The zero-order valence-corrected chi connectivity index (χ0v) is 22.4. The number of aromatic amines is 1. The van der Waals surface area contributed by atoms with Crippen LogP contribution >= 0.6 is 11.8 Å². The average Bonchev–Trinajstić information content (AvgIpc) is 3.26. The first-order chi connectivity index (χ1) is 16.5. The number of aromatic nitrogens is 2. The molecule has 0 fully saturated rings. The van der Waals surface area contributed by atoms with E-state index in [9.17, 15) is 12.8 Å². The minimum absolute atomic E-state index is 0.284. The van der Waals surface area contributed by atoms with Gasteiger partial charge in [-0.15, -0.1) is 0 Å². The van der Waals surface area contributed by atoms with Crippen molar-refractivity contribution in [3.8, 4) is 22.8 Å². The van der Waals surface area contributed by atoms with Gasteiger partial charge in [-0.05, 0) is 55.8 Å². The fraction of sp³-hybridized carbons (Fsp3) is 0.400. The van der Waals surface area contributed by atoms with Crippen LogP contribution in [0.2, 0.25) is 0 Å². The molecule has 0 radical (unpaired) electrons. The largest absolute Gasteiger partial charge is 0.493 e. The van der Waals surface area contributed by atoms with Gasteiger partial charge in [0.25, 0.3) is 0 Å². The number of thioether (sulfide) groups is 1. The molecule has 190 valence electrons. The van der Waals surface area contributed by atoms with E-state index in [4.69, 9.17) is 14.5 Å². The lowest BCUT2D eigenvalue weighted by Gasteiger charge is -2.26. The van der Waals surface area contributed by atoms with E-state index in [1.807, 2.05) is 18.2 Å². The molecule has 3 rings (SSSR count). The van der Waals surface area contributed by atoms with Gasteiger partial charge in [0.05, 0.1) is 30.9 Å². The summed E-state index contributed by atoms with van der Waals surface area (Å²) >= 11 is 1.42. The monoisotopic (exact) mass is 521 g/mol. The molecular weight excluding hydrogens is 489 g/mol. The second-order valence-corrected chi connectivity index (χ2v) is 12.2. The molecule has 1 heterocycles. The highest BCUT2D eigenvalue weighted by molar-refractivity contribution is 7.99. The van der Waals surface area contributed by atoms with E-state index >= 15 is 0 Å². The Morgan fingerprint density at radius 2 is 1.74 bits per heavy atom. The van der Waals surface area contributed by atoms with Gasteiger partial charge >= 0.3 is 0 Å². The summed E-state index contributed by atoms with van der Waals surface area (Å²) in [4.78, 5) is 8.23. The number of sulfonamides is 1. The van der Waals surface area contributed by atoms with Crippen molar-refractivity contribution in [3.05, 3.63) is 59.5 Å². The summed E-state index contributed by atoms with van der Waals surface area (Å²) in [5, 5.41) is 0.159. The van der Waals surface area contributed by atoms with Crippen LogP contribution < -0.4 is 14.2 Å². The predicted molar refractivity (Wildman–Crippen MR) is 138 cm³/mol. The summed E-state index contributed by atoms with van der Waals surface area (Å²) in [6, 6.07) is 12.0. The van der Waals surface area contributed by atoms with Crippen molar-refractivity contribution in [2.24, 2.45) is 0 Å². The molecule has 0 spiro atoms. The second-order valence-electron chi connectivity index (χ2n) is 8.80. The molecule has 0 saturated heterocycles. The Bertz CT molecular complexity index is 1260. The third-order valence-electron chi connectivity index (χ3n) is 5.79. The fourth-order valence-corrected chi connectivity index (χ4v) is 5.13. The molecule has 0 aliphatic carbocycles. The van der Waals surface area contributed by atoms with Crippen molar-refractivity contribution in [1.29, 1.82) is 0 Å². The van der Waals surface area contributed by atoms with Crippen LogP contribution in [0.5, 0.6) is 11.5 Å². The molecule has 35 heavy (non-hydrogen) atoms. The van der Waals surface area contributed by atoms with E-state index in [0.717, 1.165) is 16.8 Å². The maximum absolute atomic E-state index is 13.6. The zero-order valence-electron chi connectivity index (χ0n) is 20.8. The SMILES string of the molecule is COc1ccc(C(C)(C)c2[nH]c(SCCNS(=O)(=O)C(C)C)nc2-c2ccc(F)cc2)cc1OC. The van der Waals surface area contributed by atoms with Crippen molar-refractivity contribution in [2.75, 3.05) is 26.5 Å². The van der Waals surface area contributed by atoms with Crippen LogP contribution in [-0.4, -0.2) is 50.2 Å². The Balaban J connectivity index is 1.96. The topological polar surface area (TPSA) is 93.3 Å². The first kappa shape index (κ1) is 27.0. The molecule has 3 aromatic rings. The fourth-order valence-electron chi connectivity index (χ4n) is 3.56. The van der Waals surface area contributed by atoms with E-state index in [0.29, 0.717) is 28.1 Å². The highest BCUT2D eigenvalue weighted by atomic mass is 32.2. The zero-order chi connectivity index (χ0) is 25.8. The van der Waals surface area contributed by atoms with Crippen molar-refractivity contribution in [1.82, 2.24) is 14.7 Å². The van der Waals surface area contributed by atoms with Crippen molar-refractivity contribution >= 4 is 21.8 Å². The Morgan fingerprint density at radius 1 is 1.09 bits per heavy atom. The number of benzene rings is 2. The van der Waals surface area contributed by atoms with Gasteiger partial charge < -0.3 is 14.5 Å². The van der Waals surface area contributed by atoms with Crippen LogP contribution in [0.1, 0.15) is 39.0 Å². The summed E-state index contributed by atoms with van der Waals surface area (Å²) in [6.45, 7) is 7.70. The van der Waals surface area contributed by atoms with Gasteiger partial charge in [-0.3, -0.25) is 0 Å². The summed E-state index contributed by atoms with van der Waals surface area (Å²) in [7, 11) is -0.139. The predicted octanol–water partition coefficient (Wildman–Crippen LogP) is 4.98. The molecule has 0 atom stereocenters. The quantitative estimate of drug-likeness (QED) is 0.273. The Hall–Kier alpha value is -2.56. The van der Waals surface area contributed by atoms with E-state index < -0.39 is 20.7 Å². The Morgan fingerprint density at radius 3 is 2.34 bits per heavy atom. The summed E-state index contributed by atoms with van der Waals surface area (Å²) in [6.07, 6.45) is 0. The number of halogens is 1. The van der Waals surface area contributed by atoms with Gasteiger partial charge in [-0.1, -0.05) is 31.7 Å². The van der Waals surface area contributed by atoms with Crippen LogP contribution in [0.15, 0.2) is 47.6 Å². The van der Waals surface area contributed by atoms with Crippen molar-refractivity contribution in [2.45, 2.75) is 43.5 Å². The Labute approximate surface area is 210 Å². The number of hydrogen-bond acceptors (Lipinski definition) is 6. The molecule has 10 heteroatoms. The molecular formula is C25H32FN3O4S2. The number of imidazole rings is 1. The lowest BCUT2D eigenvalue weighted by molar-refractivity contribution is 0.354. The number of rotatable bonds is 11. The number of hydrogen-bond donors (Lipinski definition) is 2. The maximum atomic E-state index is 13.6. The number of H-pyrrole nitrogens is 1. The van der Waals surface area contributed by atoms with Gasteiger partial charge in [-0.25, -0.2) is 22.5 Å². The lowest BCUT2D eigenvalue weighted by Crippen LogP contribution is -2.32. The van der Waals surface area contributed by atoms with Gasteiger partial charge in [-0.2, -0.15) is 0 Å². The molecule has 0 aliphatic rings. The molecule has 7 nitrogen and oxygen atoms in total. The number of methoxy groups -OCH3 is 2. The normalized spacial score (nSPS) is 12.2. The van der Waals surface area contributed by atoms with Gasteiger partial charge in [0, 0.05) is 23.3 Å². The third kappa shape index (κ3) is 6.17. The third-order valence-corrected chi connectivity index (χ3v) is 8.52. The summed E-state index contributed by atoms with van der Waals surface area (Å²) in [5.41, 5.74) is 2.78. The van der Waals surface area contributed by atoms with Gasteiger partial charge in [0.15, 0.2) is 16.7 Å². The number of nitrogens with zero attached hydrogens (tertiary/aromatic N) is 1. The lowest BCUT2D eigenvalue weighted by atomic mass is 9.79. The van der Waals surface area contributed by atoms with E-state index in [-0.39, 0.29) is 12.4 Å². The first-order valence-electron chi connectivity index (χ1n) is 11.2. The van der Waals surface area contributed by atoms with Crippen LogP contribution in [0, 0.1) is 5.82 Å². The van der Waals surface area contributed by atoms with Crippen LogP contribution in [0.25, 0.3) is 11.3 Å². The van der Waals surface area contributed by atoms with Crippen molar-refractivity contribution < 1.29 is 22.3 Å². The van der Waals surface area contributed by atoms with Gasteiger partial charge in [0.1, 0.15) is 5.82 Å². The molecule has 0 saturated carbocycles. The molecule has 0 unspecified atom stereocenters. The summed E-state index contributed by atoms with van der Waals surface area (Å²) < 4.78 is 51.1. The highest BCUT2D eigenvalue weighted by Gasteiger charge is 2.31. The molecule has 2 N–H and O–H groups in total. The Kier molecular flexibility index (Phi) is 8.50. The molecule has 0 amide bonds. The van der Waals surface area contributed by atoms with Crippen LogP contribution in [-0.2, 0) is 15.4 Å². The average molecular weight is 522 g/mol. The summed E-state index contributed by atoms with van der Waals surface area (Å²) in [5.74, 6) is 1.43. The highest BCUT2D eigenvalue weighted by Crippen LogP contribution is 2.40. The second kappa shape index (κ2) is 11.0. The van der Waals surface area contributed by atoms with Crippen LogP contribution in [0.4, 0.5) is 4.39 Å².